The van der Waals surface area contributed by atoms with Crippen LogP contribution in [-0.4, -0.2) is 43.9 Å². The molecule has 1 amide bonds. The van der Waals surface area contributed by atoms with Crippen LogP contribution >= 0.6 is 0 Å². The van der Waals surface area contributed by atoms with Crippen molar-refractivity contribution in [3.8, 4) is 11.5 Å². The van der Waals surface area contributed by atoms with Crippen LogP contribution in [-0.2, 0) is 4.74 Å². The summed E-state index contributed by atoms with van der Waals surface area (Å²) in [5.74, 6) is 2.89. The van der Waals surface area contributed by atoms with Gasteiger partial charge in [-0.3, -0.25) is 0 Å². The average Bonchev–Trinajstić information content (AvgIpc) is 2.39. The van der Waals surface area contributed by atoms with Crippen LogP contribution in [0, 0.1) is 17.4 Å². The van der Waals surface area contributed by atoms with Gasteiger partial charge >= 0.3 is 6.09 Å². The van der Waals surface area contributed by atoms with Crippen molar-refractivity contribution < 1.29 is 14.6 Å². The molecular formula is C17H29NO3Si. The van der Waals surface area contributed by atoms with Crippen LogP contribution in [0.2, 0.25) is 19.6 Å². The summed E-state index contributed by atoms with van der Waals surface area (Å²) in [6, 6.07) is 0. The fourth-order valence-electron chi connectivity index (χ4n) is 1.40. The van der Waals surface area contributed by atoms with Crippen molar-refractivity contribution in [1.29, 1.82) is 0 Å². The summed E-state index contributed by atoms with van der Waals surface area (Å²) >= 11 is 0. The summed E-state index contributed by atoms with van der Waals surface area (Å²) in [6.45, 7) is 12.0. The maximum atomic E-state index is 11.2. The van der Waals surface area contributed by atoms with Crippen LogP contribution in [0.1, 0.15) is 20.8 Å². The van der Waals surface area contributed by atoms with E-state index in [1.165, 1.54) is 11.2 Å². The van der Waals surface area contributed by atoms with E-state index in [4.69, 9.17) is 4.74 Å². The lowest BCUT2D eigenvalue weighted by Gasteiger charge is -2.26. The van der Waals surface area contributed by atoms with Crippen molar-refractivity contribution in [3.05, 3.63) is 24.0 Å². The molecule has 0 aliphatic rings. The number of allylic oxidation sites excluding steroid dienone is 2. The molecule has 4 nitrogen and oxygen atoms in total. The Kier molecular flexibility index (Phi) is 7.64. The molecule has 5 heteroatoms. The minimum Gasteiger partial charge on any atom is -0.418 e. The van der Waals surface area contributed by atoms with Gasteiger partial charge in [0.15, 0.2) is 0 Å². The van der Waals surface area contributed by atoms with Crippen LogP contribution in [0.15, 0.2) is 24.0 Å². The Morgan fingerprint density at radius 1 is 1.36 bits per heavy atom. The fourth-order valence-corrected chi connectivity index (χ4v) is 2.03. The van der Waals surface area contributed by atoms with Crippen molar-refractivity contribution in [2.75, 3.05) is 14.1 Å². The molecule has 124 valence electrons. The number of carbonyl (C=O) groups is 1. The summed E-state index contributed by atoms with van der Waals surface area (Å²) in [4.78, 5) is 12.6. The molecule has 0 aromatic carbocycles. The first-order valence-electron chi connectivity index (χ1n) is 7.35. The largest absolute Gasteiger partial charge is 0.418 e. The van der Waals surface area contributed by atoms with E-state index in [2.05, 4.69) is 31.1 Å². The van der Waals surface area contributed by atoms with E-state index in [1.54, 1.807) is 27.1 Å². The Bertz CT molecular complexity index is 502. The highest BCUT2D eigenvalue weighted by Gasteiger charge is 2.27. The fraction of sp³-hybridized carbons (Fsp3) is 0.588. The molecule has 0 rings (SSSR count). The lowest BCUT2D eigenvalue weighted by atomic mass is 9.86. The van der Waals surface area contributed by atoms with E-state index < -0.39 is 19.8 Å². The minimum atomic E-state index is -1.52. The maximum absolute atomic E-state index is 11.2. The van der Waals surface area contributed by atoms with Crippen molar-refractivity contribution in [2.24, 2.45) is 5.92 Å². The SMILES string of the molecule is C/C(=C/C=C/OC(=O)N(C)C)[C@@H](C)[C@](C)(O)C#C[Si](C)(C)C. The summed E-state index contributed by atoms with van der Waals surface area (Å²) in [7, 11) is 1.72. The van der Waals surface area contributed by atoms with Gasteiger partial charge in [-0.25, -0.2) is 4.79 Å². The molecule has 0 saturated carbocycles. The predicted octanol–water partition coefficient (Wildman–Crippen LogP) is 3.41. The summed E-state index contributed by atoms with van der Waals surface area (Å²) in [5.41, 5.74) is 3.10. The Balaban J connectivity index is 4.86. The molecule has 0 bridgehead atoms. The van der Waals surface area contributed by atoms with E-state index in [0.29, 0.717) is 0 Å². The van der Waals surface area contributed by atoms with Gasteiger partial charge in [-0.1, -0.05) is 44.1 Å². The molecule has 0 aromatic rings. The second-order valence-corrected chi connectivity index (χ2v) is 11.6. The summed E-state index contributed by atoms with van der Waals surface area (Å²) in [5, 5.41) is 10.5. The number of hydrogen-bond donors (Lipinski definition) is 1. The van der Waals surface area contributed by atoms with Gasteiger partial charge in [-0.2, -0.15) is 0 Å². The molecule has 0 fully saturated rings. The first-order chi connectivity index (χ1) is 9.87. The van der Waals surface area contributed by atoms with E-state index in [9.17, 15) is 9.90 Å². The Morgan fingerprint density at radius 2 is 1.91 bits per heavy atom. The summed E-state index contributed by atoms with van der Waals surface area (Å²) in [6.07, 6.45) is 4.37. The molecule has 0 aliphatic carbocycles. The molecular weight excluding hydrogens is 294 g/mol. The number of rotatable bonds is 4. The monoisotopic (exact) mass is 323 g/mol. The predicted molar refractivity (Wildman–Crippen MR) is 94.0 cm³/mol. The molecule has 0 unspecified atom stereocenters. The minimum absolute atomic E-state index is 0.120. The number of amides is 1. The van der Waals surface area contributed by atoms with E-state index in [0.717, 1.165) is 5.57 Å². The highest BCUT2D eigenvalue weighted by molar-refractivity contribution is 6.83. The quantitative estimate of drug-likeness (QED) is 0.373. The lowest BCUT2D eigenvalue weighted by molar-refractivity contribution is 0.0800. The first-order valence-corrected chi connectivity index (χ1v) is 10.8. The van der Waals surface area contributed by atoms with Gasteiger partial charge in [0.05, 0.1) is 6.26 Å². The summed E-state index contributed by atoms with van der Waals surface area (Å²) < 4.78 is 4.89. The van der Waals surface area contributed by atoms with Crippen LogP contribution in [0.5, 0.6) is 0 Å². The van der Waals surface area contributed by atoms with Gasteiger partial charge in [0, 0.05) is 20.0 Å². The highest BCUT2D eigenvalue weighted by Crippen LogP contribution is 2.24. The lowest BCUT2D eigenvalue weighted by Crippen LogP contribution is -2.33. The molecule has 0 aromatic heterocycles. The number of aliphatic hydroxyl groups is 1. The third-order valence-electron chi connectivity index (χ3n) is 3.19. The van der Waals surface area contributed by atoms with E-state index >= 15 is 0 Å². The Hall–Kier alpha value is -1.51. The molecule has 0 saturated heterocycles. The van der Waals surface area contributed by atoms with Crippen LogP contribution in [0.4, 0.5) is 4.79 Å². The zero-order valence-electron chi connectivity index (χ0n) is 15.0. The molecule has 0 heterocycles. The van der Waals surface area contributed by atoms with Crippen LogP contribution in [0.3, 0.4) is 0 Å². The Morgan fingerprint density at radius 3 is 2.36 bits per heavy atom. The van der Waals surface area contributed by atoms with Crippen molar-refractivity contribution in [3.63, 3.8) is 0 Å². The Labute approximate surface area is 135 Å². The van der Waals surface area contributed by atoms with E-state index in [-0.39, 0.29) is 5.92 Å². The maximum Gasteiger partial charge on any atom is 0.414 e. The highest BCUT2D eigenvalue weighted by atomic mass is 28.3. The molecule has 22 heavy (non-hydrogen) atoms. The smallest absolute Gasteiger partial charge is 0.414 e. The first kappa shape index (κ1) is 20.5. The standard InChI is InChI=1S/C17H29NO3Si/c1-14(10-9-12-21-16(19)18(4)5)15(2)17(3,20)11-13-22(6,7)8/h9-10,12,15,20H,1-8H3/b12-9+,14-10-/t15-,17-/m1/s1. The molecule has 0 spiro atoms. The van der Waals surface area contributed by atoms with Crippen molar-refractivity contribution >= 4 is 14.2 Å². The molecule has 0 radical (unpaired) electrons. The normalized spacial score (nSPS) is 16.5. The van der Waals surface area contributed by atoms with Gasteiger partial charge in [0.2, 0.25) is 0 Å². The van der Waals surface area contributed by atoms with Crippen LogP contribution in [0.25, 0.3) is 0 Å². The zero-order chi connectivity index (χ0) is 17.6. The number of nitrogens with zero attached hydrogens (tertiary/aromatic N) is 1. The third kappa shape index (κ3) is 8.06. The molecule has 1 N–H and O–H groups in total. The third-order valence-corrected chi connectivity index (χ3v) is 4.06. The van der Waals surface area contributed by atoms with Gasteiger partial charge < -0.3 is 14.7 Å². The second kappa shape index (κ2) is 8.21. The number of hydrogen-bond acceptors (Lipinski definition) is 3. The number of ether oxygens (including phenoxy) is 1. The average molecular weight is 324 g/mol. The molecule has 0 aliphatic heterocycles. The molecule has 2 atom stereocenters. The second-order valence-electron chi connectivity index (χ2n) is 6.89. The van der Waals surface area contributed by atoms with Crippen molar-refractivity contribution in [1.82, 2.24) is 4.90 Å². The van der Waals surface area contributed by atoms with Gasteiger partial charge in [0.25, 0.3) is 0 Å². The van der Waals surface area contributed by atoms with Gasteiger partial charge in [-0.05, 0) is 19.9 Å². The van der Waals surface area contributed by atoms with Crippen molar-refractivity contribution in [2.45, 2.75) is 46.0 Å². The van der Waals surface area contributed by atoms with Gasteiger partial charge in [0.1, 0.15) is 13.7 Å². The van der Waals surface area contributed by atoms with E-state index in [1.807, 2.05) is 19.9 Å². The topological polar surface area (TPSA) is 49.8 Å². The van der Waals surface area contributed by atoms with Gasteiger partial charge in [-0.15, -0.1) is 5.54 Å². The number of carbonyl (C=O) groups excluding carboxylic acids is 1. The van der Waals surface area contributed by atoms with Crippen LogP contribution < -0.4 is 0 Å². The zero-order valence-corrected chi connectivity index (χ0v) is 16.0.